The lowest BCUT2D eigenvalue weighted by Crippen LogP contribution is -2.46. The molecule has 1 heterocycles. The quantitative estimate of drug-likeness (QED) is 0.849. The molecule has 1 saturated heterocycles. The monoisotopic (exact) mass is 261 g/mol. The smallest absolute Gasteiger partial charge is 0.0237 e. The Hall–Kier alpha value is -0.900. The molecular formula is C16H27N3. The van der Waals surface area contributed by atoms with Gasteiger partial charge in [-0.3, -0.25) is 4.90 Å². The maximum Gasteiger partial charge on any atom is 0.0237 e. The van der Waals surface area contributed by atoms with Crippen molar-refractivity contribution in [3.05, 3.63) is 35.9 Å². The van der Waals surface area contributed by atoms with E-state index in [1.165, 1.54) is 31.5 Å². The summed E-state index contributed by atoms with van der Waals surface area (Å²) >= 11 is 0. The van der Waals surface area contributed by atoms with Crippen molar-refractivity contribution in [1.29, 1.82) is 0 Å². The molecule has 0 amide bonds. The molecule has 0 spiro atoms. The highest BCUT2D eigenvalue weighted by atomic mass is 15.2. The molecule has 0 aromatic heterocycles. The van der Waals surface area contributed by atoms with Crippen LogP contribution in [-0.4, -0.2) is 49.1 Å². The van der Waals surface area contributed by atoms with Crippen LogP contribution in [0.4, 0.5) is 0 Å². The fourth-order valence-electron chi connectivity index (χ4n) is 2.94. The van der Waals surface area contributed by atoms with Gasteiger partial charge >= 0.3 is 0 Å². The number of hydrogen-bond acceptors (Lipinski definition) is 3. The first-order valence-corrected chi connectivity index (χ1v) is 7.46. The first-order chi connectivity index (χ1) is 9.29. The summed E-state index contributed by atoms with van der Waals surface area (Å²) < 4.78 is 0. The Morgan fingerprint density at radius 3 is 2.79 bits per heavy atom. The molecule has 0 aliphatic carbocycles. The van der Waals surface area contributed by atoms with Crippen molar-refractivity contribution in [3.63, 3.8) is 0 Å². The predicted octanol–water partition coefficient (Wildman–Crippen LogP) is 1.93. The molecule has 0 saturated carbocycles. The summed E-state index contributed by atoms with van der Waals surface area (Å²) in [5.41, 5.74) is 7.10. The van der Waals surface area contributed by atoms with Crippen molar-refractivity contribution >= 4 is 0 Å². The topological polar surface area (TPSA) is 32.5 Å². The van der Waals surface area contributed by atoms with Gasteiger partial charge in [-0.15, -0.1) is 0 Å². The van der Waals surface area contributed by atoms with E-state index in [2.05, 4.69) is 47.2 Å². The van der Waals surface area contributed by atoms with Crippen LogP contribution in [0.3, 0.4) is 0 Å². The molecular weight excluding hydrogens is 234 g/mol. The van der Waals surface area contributed by atoms with E-state index < -0.39 is 0 Å². The van der Waals surface area contributed by atoms with Crippen molar-refractivity contribution in [3.8, 4) is 0 Å². The van der Waals surface area contributed by atoms with Gasteiger partial charge in [0.1, 0.15) is 0 Å². The van der Waals surface area contributed by atoms with Crippen LogP contribution >= 0.6 is 0 Å². The van der Waals surface area contributed by atoms with Crippen LogP contribution in [-0.2, 0) is 6.54 Å². The Morgan fingerprint density at radius 2 is 2.11 bits per heavy atom. The summed E-state index contributed by atoms with van der Waals surface area (Å²) in [7, 11) is 2.23. The van der Waals surface area contributed by atoms with Crippen molar-refractivity contribution in [1.82, 2.24) is 9.80 Å². The van der Waals surface area contributed by atoms with E-state index in [1.807, 2.05) is 0 Å². The van der Waals surface area contributed by atoms with Gasteiger partial charge in [0.15, 0.2) is 0 Å². The fraction of sp³-hybridized carbons (Fsp3) is 0.625. The molecule has 1 aromatic carbocycles. The number of hydrogen-bond donors (Lipinski definition) is 1. The molecule has 106 valence electrons. The zero-order valence-corrected chi connectivity index (χ0v) is 12.1. The summed E-state index contributed by atoms with van der Waals surface area (Å²) in [6.07, 6.45) is 3.73. The maximum atomic E-state index is 5.69. The second-order valence-electron chi connectivity index (χ2n) is 5.66. The van der Waals surface area contributed by atoms with Crippen molar-refractivity contribution < 1.29 is 0 Å². The summed E-state index contributed by atoms with van der Waals surface area (Å²) in [5, 5.41) is 0. The van der Waals surface area contributed by atoms with E-state index >= 15 is 0 Å². The van der Waals surface area contributed by atoms with E-state index in [-0.39, 0.29) is 0 Å². The summed E-state index contributed by atoms with van der Waals surface area (Å²) in [5.74, 6) is 0. The van der Waals surface area contributed by atoms with E-state index in [0.717, 1.165) is 26.1 Å². The van der Waals surface area contributed by atoms with Crippen molar-refractivity contribution in [2.75, 3.05) is 33.2 Å². The van der Waals surface area contributed by atoms with E-state index in [9.17, 15) is 0 Å². The van der Waals surface area contributed by atoms with Gasteiger partial charge in [-0.2, -0.15) is 0 Å². The summed E-state index contributed by atoms with van der Waals surface area (Å²) in [6, 6.07) is 11.5. The van der Waals surface area contributed by atoms with E-state index in [0.29, 0.717) is 6.04 Å². The van der Waals surface area contributed by atoms with Gasteiger partial charge < -0.3 is 10.6 Å². The molecule has 0 bridgehead atoms. The second-order valence-corrected chi connectivity index (χ2v) is 5.66. The highest BCUT2D eigenvalue weighted by Gasteiger charge is 2.23. The standard InChI is InChI=1S/C16H27N3/c1-18-11-5-9-16(14-18)19(12-6-10-17)13-15-7-3-2-4-8-15/h2-4,7-8,16H,5-6,9-14,17H2,1H3. The third-order valence-electron chi connectivity index (χ3n) is 3.99. The van der Waals surface area contributed by atoms with E-state index in [4.69, 9.17) is 5.73 Å². The van der Waals surface area contributed by atoms with Crippen molar-refractivity contribution in [2.24, 2.45) is 5.73 Å². The zero-order chi connectivity index (χ0) is 13.5. The summed E-state index contributed by atoms with van der Waals surface area (Å²) in [4.78, 5) is 5.08. The Kier molecular flexibility index (Phi) is 5.83. The van der Waals surface area contributed by atoms with Crippen molar-refractivity contribution in [2.45, 2.75) is 31.8 Å². The number of piperidine rings is 1. The lowest BCUT2D eigenvalue weighted by molar-refractivity contribution is 0.105. The van der Waals surface area contributed by atoms with E-state index in [1.54, 1.807) is 0 Å². The Morgan fingerprint density at radius 1 is 1.32 bits per heavy atom. The summed E-state index contributed by atoms with van der Waals surface area (Å²) in [6.45, 7) is 5.39. The number of nitrogens with two attached hydrogens (primary N) is 1. The molecule has 2 N–H and O–H groups in total. The normalized spacial score (nSPS) is 20.9. The zero-order valence-electron chi connectivity index (χ0n) is 12.1. The molecule has 3 heteroatoms. The maximum absolute atomic E-state index is 5.69. The van der Waals surface area contributed by atoms with Crippen LogP contribution < -0.4 is 5.73 Å². The minimum atomic E-state index is 0.686. The minimum Gasteiger partial charge on any atom is -0.330 e. The van der Waals surface area contributed by atoms with Crippen LogP contribution in [0.5, 0.6) is 0 Å². The van der Waals surface area contributed by atoms with Crippen LogP contribution in [0.2, 0.25) is 0 Å². The molecule has 3 nitrogen and oxygen atoms in total. The molecule has 1 aromatic rings. The number of benzene rings is 1. The van der Waals surface area contributed by atoms with Gasteiger partial charge in [0.05, 0.1) is 0 Å². The molecule has 1 fully saturated rings. The van der Waals surface area contributed by atoms with Gasteiger partial charge in [0.2, 0.25) is 0 Å². The second kappa shape index (κ2) is 7.63. The highest BCUT2D eigenvalue weighted by Crippen LogP contribution is 2.17. The number of rotatable bonds is 6. The van der Waals surface area contributed by atoms with Gasteiger partial charge in [-0.05, 0) is 45.0 Å². The lowest BCUT2D eigenvalue weighted by Gasteiger charge is -2.38. The minimum absolute atomic E-state index is 0.686. The number of likely N-dealkylation sites (tertiary alicyclic amines) is 1. The molecule has 1 aliphatic heterocycles. The number of likely N-dealkylation sites (N-methyl/N-ethyl adjacent to an activating group) is 1. The third-order valence-corrected chi connectivity index (χ3v) is 3.99. The fourth-order valence-corrected chi connectivity index (χ4v) is 2.94. The van der Waals surface area contributed by atoms with Crippen LogP contribution in [0.1, 0.15) is 24.8 Å². The first-order valence-electron chi connectivity index (χ1n) is 7.46. The van der Waals surface area contributed by atoms with Gasteiger partial charge in [0.25, 0.3) is 0 Å². The van der Waals surface area contributed by atoms with Crippen LogP contribution in [0.15, 0.2) is 30.3 Å². The average Bonchev–Trinajstić information content (AvgIpc) is 2.44. The Labute approximate surface area is 117 Å². The van der Waals surface area contributed by atoms with Gasteiger partial charge in [-0.1, -0.05) is 30.3 Å². The molecule has 1 atom stereocenters. The third kappa shape index (κ3) is 4.60. The lowest BCUT2D eigenvalue weighted by atomic mass is 10.0. The molecule has 1 aliphatic rings. The molecule has 19 heavy (non-hydrogen) atoms. The SMILES string of the molecule is CN1CCCC(N(CCCN)Cc2ccccc2)C1. The first kappa shape index (κ1) is 14.5. The van der Waals surface area contributed by atoms with Crippen LogP contribution in [0.25, 0.3) is 0 Å². The number of nitrogens with zero attached hydrogens (tertiary/aromatic N) is 2. The van der Waals surface area contributed by atoms with Gasteiger partial charge in [-0.25, -0.2) is 0 Å². The molecule has 0 radical (unpaired) electrons. The molecule has 2 rings (SSSR count). The average molecular weight is 261 g/mol. The van der Waals surface area contributed by atoms with Gasteiger partial charge in [0, 0.05) is 25.7 Å². The predicted molar refractivity (Wildman–Crippen MR) is 81.0 cm³/mol. The Balaban J connectivity index is 1.98. The largest absolute Gasteiger partial charge is 0.330 e. The van der Waals surface area contributed by atoms with Crippen LogP contribution in [0, 0.1) is 0 Å². The molecule has 1 unspecified atom stereocenters. The Bertz CT molecular complexity index is 352. The highest BCUT2D eigenvalue weighted by molar-refractivity contribution is 5.14.